The first kappa shape index (κ1) is 20.5. The third-order valence-electron chi connectivity index (χ3n) is 7.14. The lowest BCUT2D eigenvalue weighted by Gasteiger charge is -2.43. The molecule has 0 heterocycles. The third-order valence-corrected chi connectivity index (χ3v) is 7.14. The molecule has 0 amide bonds. The van der Waals surface area contributed by atoms with Crippen LogP contribution in [0.2, 0.25) is 0 Å². The lowest BCUT2D eigenvalue weighted by Crippen LogP contribution is -2.35. The molecule has 0 aliphatic heterocycles. The van der Waals surface area contributed by atoms with Crippen LogP contribution in [0.15, 0.2) is 35.5 Å². The zero-order chi connectivity index (χ0) is 17.5. The fourth-order valence-corrected chi connectivity index (χ4v) is 5.80. The number of hydrogen-bond acceptors (Lipinski definition) is 2. The summed E-state index contributed by atoms with van der Waals surface area (Å²) in [4.78, 5) is 0. The quantitative estimate of drug-likeness (QED) is 0.655. The Morgan fingerprint density at radius 3 is 2.36 bits per heavy atom. The van der Waals surface area contributed by atoms with E-state index < -0.39 is 12.2 Å². The summed E-state index contributed by atoms with van der Waals surface area (Å²) in [6, 6.07) is 0. The normalized spacial score (nSPS) is 40.2. The van der Waals surface area contributed by atoms with Gasteiger partial charge in [0.05, 0.1) is 12.2 Å². The minimum absolute atomic E-state index is 0. The van der Waals surface area contributed by atoms with Gasteiger partial charge in [-0.3, -0.25) is 0 Å². The molecule has 3 saturated carbocycles. The zero-order valence-electron chi connectivity index (χ0n) is 15.6. The van der Waals surface area contributed by atoms with Crippen LogP contribution >= 0.6 is 0 Å². The van der Waals surface area contributed by atoms with Crippen molar-refractivity contribution in [3.63, 3.8) is 0 Å². The number of fused-ring (bicyclic) bond motifs is 1. The first-order chi connectivity index (χ1) is 11.3. The Kier molecular flexibility index (Phi) is 6.38. The summed E-state index contributed by atoms with van der Waals surface area (Å²) in [7, 11) is 0. The number of aliphatic hydroxyl groups excluding tert-OH is 2. The fourth-order valence-electron chi connectivity index (χ4n) is 5.80. The number of aliphatic hydroxyl groups is 2. The van der Waals surface area contributed by atoms with Crippen LogP contribution in [-0.4, -0.2) is 22.4 Å². The zero-order valence-corrected chi connectivity index (χ0v) is 15.6. The Morgan fingerprint density at radius 1 is 1.12 bits per heavy atom. The highest BCUT2D eigenvalue weighted by atomic mass is 16.3. The van der Waals surface area contributed by atoms with Crippen molar-refractivity contribution in [1.82, 2.24) is 0 Å². The summed E-state index contributed by atoms with van der Waals surface area (Å²) in [5.41, 5.74) is 3.80. The van der Waals surface area contributed by atoms with Gasteiger partial charge in [0.1, 0.15) is 0 Å². The SMILES string of the molecule is C.C=C1[C@H](O)CC(=C/C=C2\CCC[C@@]3(C)C2CCC3C(C)C)C[C@H]1O. The molecule has 3 fully saturated rings. The molecule has 3 rings (SSSR count). The molecule has 0 radical (unpaired) electrons. The van der Waals surface area contributed by atoms with Crippen molar-refractivity contribution in [2.24, 2.45) is 23.2 Å². The van der Waals surface area contributed by atoms with Gasteiger partial charge in [-0.05, 0) is 73.7 Å². The molecule has 3 aliphatic carbocycles. The molecule has 2 N–H and O–H groups in total. The molecular weight excluding hydrogens is 308 g/mol. The van der Waals surface area contributed by atoms with E-state index in [0.717, 1.165) is 23.3 Å². The molecule has 2 nitrogen and oxygen atoms in total. The van der Waals surface area contributed by atoms with Gasteiger partial charge in [-0.15, -0.1) is 0 Å². The van der Waals surface area contributed by atoms with Gasteiger partial charge in [0, 0.05) is 0 Å². The second-order valence-electron chi connectivity index (χ2n) is 8.92. The molecule has 0 bridgehead atoms. The Morgan fingerprint density at radius 2 is 1.76 bits per heavy atom. The predicted octanol–water partition coefficient (Wildman–Crippen LogP) is 5.42. The highest BCUT2D eigenvalue weighted by molar-refractivity contribution is 5.29. The Hall–Kier alpha value is -0.860. The minimum Gasteiger partial charge on any atom is -0.388 e. The van der Waals surface area contributed by atoms with E-state index in [2.05, 4.69) is 39.5 Å². The summed E-state index contributed by atoms with van der Waals surface area (Å²) in [5, 5.41) is 20.0. The number of rotatable bonds is 2. The van der Waals surface area contributed by atoms with Crippen molar-refractivity contribution in [1.29, 1.82) is 0 Å². The number of hydrogen-bond donors (Lipinski definition) is 2. The first-order valence-electron chi connectivity index (χ1n) is 9.76. The predicted molar refractivity (Wildman–Crippen MR) is 106 cm³/mol. The molecule has 25 heavy (non-hydrogen) atoms. The molecule has 0 aromatic heterocycles. The van der Waals surface area contributed by atoms with Crippen molar-refractivity contribution in [3.8, 4) is 0 Å². The second-order valence-corrected chi connectivity index (χ2v) is 8.92. The second kappa shape index (κ2) is 7.80. The molecule has 2 heteroatoms. The Labute approximate surface area is 154 Å². The molecule has 0 aromatic rings. The molecular formula is C23H38O2. The van der Waals surface area contributed by atoms with Crippen LogP contribution in [0, 0.1) is 23.2 Å². The summed E-state index contributed by atoms with van der Waals surface area (Å²) >= 11 is 0. The summed E-state index contributed by atoms with van der Waals surface area (Å²) in [5.74, 6) is 2.34. The molecule has 0 spiro atoms. The van der Waals surface area contributed by atoms with Crippen molar-refractivity contribution in [2.45, 2.75) is 85.4 Å². The van der Waals surface area contributed by atoms with Crippen LogP contribution in [0.1, 0.15) is 73.1 Å². The van der Waals surface area contributed by atoms with Gasteiger partial charge in [-0.2, -0.15) is 0 Å². The van der Waals surface area contributed by atoms with Crippen LogP contribution in [0.5, 0.6) is 0 Å². The Bertz CT molecular complexity index is 540. The van der Waals surface area contributed by atoms with Crippen LogP contribution in [0.25, 0.3) is 0 Å². The van der Waals surface area contributed by atoms with E-state index in [4.69, 9.17) is 0 Å². The van der Waals surface area contributed by atoms with Gasteiger partial charge in [-0.25, -0.2) is 0 Å². The van der Waals surface area contributed by atoms with Gasteiger partial charge in [-0.1, -0.05) is 58.1 Å². The lowest BCUT2D eigenvalue weighted by atomic mass is 9.61. The van der Waals surface area contributed by atoms with Crippen LogP contribution < -0.4 is 0 Å². The van der Waals surface area contributed by atoms with E-state index in [1.807, 2.05) is 0 Å². The van der Waals surface area contributed by atoms with E-state index in [9.17, 15) is 10.2 Å². The van der Waals surface area contributed by atoms with Crippen molar-refractivity contribution >= 4 is 0 Å². The highest BCUT2D eigenvalue weighted by Gasteiger charge is 2.49. The maximum Gasteiger partial charge on any atom is 0.0809 e. The van der Waals surface area contributed by atoms with Crippen LogP contribution in [0.4, 0.5) is 0 Å². The maximum absolute atomic E-state index is 10.0. The fraction of sp³-hybridized carbons (Fsp3) is 0.739. The van der Waals surface area contributed by atoms with E-state index >= 15 is 0 Å². The van der Waals surface area contributed by atoms with Gasteiger partial charge in [0.25, 0.3) is 0 Å². The van der Waals surface area contributed by atoms with Gasteiger partial charge in [0.2, 0.25) is 0 Å². The van der Waals surface area contributed by atoms with Gasteiger partial charge in [0.15, 0.2) is 0 Å². The minimum atomic E-state index is -0.591. The number of allylic oxidation sites excluding steroid dienone is 3. The molecule has 5 atom stereocenters. The standard InChI is InChI=1S/C22H34O2.CH4/c1-14(2)18-9-10-19-17(6-5-11-22(18,19)4)8-7-16-12-20(23)15(3)21(24)13-16;/h7-8,14,18-21,23-24H,3,5-6,9-13H2,1-2,4H3;1H4/b17-8+;/t18?,19?,20-,21-,22-;/m1./s1. The smallest absolute Gasteiger partial charge is 0.0809 e. The van der Waals surface area contributed by atoms with Crippen molar-refractivity contribution in [3.05, 3.63) is 35.5 Å². The maximum atomic E-state index is 10.0. The lowest BCUT2D eigenvalue weighted by molar-refractivity contribution is 0.104. The van der Waals surface area contributed by atoms with E-state index in [-0.39, 0.29) is 7.43 Å². The molecule has 142 valence electrons. The summed E-state index contributed by atoms with van der Waals surface area (Å²) in [6.45, 7) is 11.1. The Balaban J connectivity index is 0.00000225. The largest absolute Gasteiger partial charge is 0.388 e. The molecule has 0 saturated heterocycles. The monoisotopic (exact) mass is 346 g/mol. The highest BCUT2D eigenvalue weighted by Crippen LogP contribution is 2.59. The molecule has 2 unspecified atom stereocenters. The van der Waals surface area contributed by atoms with Crippen LogP contribution in [0.3, 0.4) is 0 Å². The van der Waals surface area contributed by atoms with Gasteiger partial charge >= 0.3 is 0 Å². The first-order valence-corrected chi connectivity index (χ1v) is 9.76. The van der Waals surface area contributed by atoms with E-state index in [0.29, 0.717) is 23.8 Å². The topological polar surface area (TPSA) is 40.5 Å². The van der Waals surface area contributed by atoms with Crippen LogP contribution in [-0.2, 0) is 0 Å². The summed E-state index contributed by atoms with van der Waals surface area (Å²) in [6.07, 6.45) is 11.1. The van der Waals surface area contributed by atoms with E-state index in [1.165, 1.54) is 32.1 Å². The van der Waals surface area contributed by atoms with Gasteiger partial charge < -0.3 is 10.2 Å². The van der Waals surface area contributed by atoms with Crippen molar-refractivity contribution < 1.29 is 10.2 Å². The molecule has 3 aliphatic rings. The summed E-state index contributed by atoms with van der Waals surface area (Å²) < 4.78 is 0. The third kappa shape index (κ3) is 3.80. The molecule has 0 aromatic carbocycles. The van der Waals surface area contributed by atoms with E-state index in [1.54, 1.807) is 5.57 Å². The average molecular weight is 347 g/mol. The average Bonchev–Trinajstić information content (AvgIpc) is 2.88. The van der Waals surface area contributed by atoms with Crippen molar-refractivity contribution in [2.75, 3.05) is 0 Å².